The molecular formula is C26H30N2O3S. The van der Waals surface area contributed by atoms with Crippen molar-refractivity contribution in [3.63, 3.8) is 0 Å². The summed E-state index contributed by atoms with van der Waals surface area (Å²) in [4.78, 5) is 21.1. The fraction of sp³-hybridized carbons (Fsp3) is 0.385. The first kappa shape index (κ1) is 22.5. The SMILES string of the molecule is CCOc1ccc(/C=C2\SC(=Nc3ccccc3)N([C@H]3CCCC[C@@H]3C)C2=O)cc1OC. The zero-order valence-corrected chi connectivity index (χ0v) is 19.7. The van der Waals surface area contributed by atoms with Crippen molar-refractivity contribution in [2.45, 2.75) is 45.6 Å². The van der Waals surface area contributed by atoms with Crippen LogP contribution in [0.1, 0.15) is 45.1 Å². The van der Waals surface area contributed by atoms with Crippen LogP contribution in [-0.4, -0.2) is 35.7 Å². The Bertz CT molecular complexity index is 1020. The molecule has 0 bridgehead atoms. The van der Waals surface area contributed by atoms with E-state index >= 15 is 0 Å². The molecule has 0 N–H and O–H groups in total. The number of hydrogen-bond acceptors (Lipinski definition) is 5. The highest BCUT2D eigenvalue weighted by Crippen LogP contribution is 2.40. The van der Waals surface area contributed by atoms with E-state index in [9.17, 15) is 4.79 Å². The number of rotatable bonds is 6. The van der Waals surface area contributed by atoms with E-state index in [-0.39, 0.29) is 11.9 Å². The van der Waals surface area contributed by atoms with Crippen molar-refractivity contribution in [2.75, 3.05) is 13.7 Å². The maximum Gasteiger partial charge on any atom is 0.267 e. The Morgan fingerprint density at radius 1 is 1.12 bits per heavy atom. The van der Waals surface area contributed by atoms with Crippen LogP contribution in [0.15, 0.2) is 58.4 Å². The largest absolute Gasteiger partial charge is 0.493 e. The summed E-state index contributed by atoms with van der Waals surface area (Å²) in [5.74, 6) is 1.86. The van der Waals surface area contributed by atoms with Gasteiger partial charge in [-0.2, -0.15) is 0 Å². The lowest BCUT2D eigenvalue weighted by molar-refractivity contribution is -0.124. The van der Waals surface area contributed by atoms with Crippen molar-refractivity contribution in [1.82, 2.24) is 4.90 Å². The lowest BCUT2D eigenvalue weighted by Crippen LogP contribution is -2.44. The van der Waals surface area contributed by atoms with Gasteiger partial charge in [0.05, 0.1) is 24.3 Å². The van der Waals surface area contributed by atoms with Crippen LogP contribution < -0.4 is 9.47 Å². The van der Waals surface area contributed by atoms with E-state index in [4.69, 9.17) is 14.5 Å². The highest BCUT2D eigenvalue weighted by molar-refractivity contribution is 8.18. The van der Waals surface area contributed by atoms with E-state index in [1.165, 1.54) is 18.2 Å². The molecular weight excluding hydrogens is 420 g/mol. The molecule has 5 nitrogen and oxygen atoms in total. The predicted octanol–water partition coefficient (Wildman–Crippen LogP) is 6.28. The summed E-state index contributed by atoms with van der Waals surface area (Å²) in [6, 6.07) is 15.8. The molecule has 2 aliphatic rings. The van der Waals surface area contributed by atoms with Gasteiger partial charge >= 0.3 is 0 Å². The third-order valence-electron chi connectivity index (χ3n) is 6.00. The van der Waals surface area contributed by atoms with Gasteiger partial charge in [-0.15, -0.1) is 0 Å². The molecule has 2 aromatic carbocycles. The van der Waals surface area contributed by atoms with Crippen LogP contribution in [0.25, 0.3) is 6.08 Å². The Morgan fingerprint density at radius 3 is 2.62 bits per heavy atom. The molecule has 1 aliphatic heterocycles. The minimum absolute atomic E-state index is 0.0382. The summed E-state index contributed by atoms with van der Waals surface area (Å²) in [5, 5.41) is 0.768. The Kier molecular flexibility index (Phi) is 7.20. The number of amides is 1. The van der Waals surface area contributed by atoms with Crippen molar-refractivity contribution in [1.29, 1.82) is 0 Å². The third kappa shape index (κ3) is 4.85. The normalized spacial score (nSPS) is 23.7. The zero-order valence-electron chi connectivity index (χ0n) is 18.9. The second kappa shape index (κ2) is 10.3. The van der Waals surface area contributed by atoms with Gasteiger partial charge in [-0.1, -0.05) is 44.0 Å². The van der Waals surface area contributed by atoms with Gasteiger partial charge < -0.3 is 9.47 Å². The second-order valence-electron chi connectivity index (χ2n) is 8.19. The van der Waals surface area contributed by atoms with E-state index in [0.29, 0.717) is 28.9 Å². The van der Waals surface area contributed by atoms with Crippen molar-refractivity contribution in [3.05, 3.63) is 59.0 Å². The van der Waals surface area contributed by atoms with Crippen molar-refractivity contribution in [3.8, 4) is 11.5 Å². The molecule has 0 aromatic heterocycles. The topological polar surface area (TPSA) is 51.1 Å². The standard InChI is InChI=1S/C26H30N2O3S/c1-4-31-22-15-14-19(16-23(22)30-3)17-24-25(29)28(21-13-9-8-10-18(21)2)26(32-24)27-20-11-6-5-7-12-20/h5-7,11-12,14-18,21H,4,8-10,13H2,1-3H3/b24-17-,27-26?/t18-,21-/m0/s1. The fourth-order valence-corrected chi connectivity index (χ4v) is 5.40. The lowest BCUT2D eigenvalue weighted by Gasteiger charge is -2.35. The molecule has 1 aliphatic carbocycles. The number of carbonyl (C=O) groups excluding carboxylic acids is 1. The summed E-state index contributed by atoms with van der Waals surface area (Å²) in [7, 11) is 1.63. The minimum atomic E-state index is 0.0382. The van der Waals surface area contributed by atoms with Crippen LogP contribution in [0.2, 0.25) is 0 Å². The number of thioether (sulfide) groups is 1. The first-order chi connectivity index (χ1) is 15.6. The van der Waals surface area contributed by atoms with E-state index in [0.717, 1.165) is 35.7 Å². The minimum Gasteiger partial charge on any atom is -0.493 e. The number of nitrogens with zero attached hydrogens (tertiary/aromatic N) is 2. The molecule has 32 heavy (non-hydrogen) atoms. The van der Waals surface area contributed by atoms with Crippen molar-refractivity contribution >= 4 is 34.6 Å². The number of amidine groups is 1. The van der Waals surface area contributed by atoms with E-state index < -0.39 is 0 Å². The molecule has 0 radical (unpaired) electrons. The van der Waals surface area contributed by atoms with Gasteiger partial charge in [0.15, 0.2) is 16.7 Å². The molecule has 2 fully saturated rings. The summed E-state index contributed by atoms with van der Waals surface area (Å²) in [6.45, 7) is 4.76. The molecule has 1 saturated heterocycles. The summed E-state index contributed by atoms with van der Waals surface area (Å²) < 4.78 is 11.1. The van der Waals surface area contributed by atoms with Crippen molar-refractivity contribution < 1.29 is 14.3 Å². The van der Waals surface area contributed by atoms with E-state index in [1.54, 1.807) is 7.11 Å². The zero-order chi connectivity index (χ0) is 22.5. The Hall–Kier alpha value is -2.73. The van der Waals surface area contributed by atoms with E-state index in [1.807, 2.05) is 66.4 Å². The van der Waals surface area contributed by atoms with Crippen LogP contribution in [0.3, 0.4) is 0 Å². The molecule has 1 saturated carbocycles. The molecule has 4 rings (SSSR count). The van der Waals surface area contributed by atoms with Gasteiger partial charge in [0.2, 0.25) is 0 Å². The lowest BCUT2D eigenvalue weighted by atomic mass is 9.85. The number of aliphatic imine (C=N–C) groups is 1. The number of methoxy groups -OCH3 is 1. The smallest absolute Gasteiger partial charge is 0.267 e. The van der Waals surface area contributed by atoms with Gasteiger partial charge in [-0.05, 0) is 73.4 Å². The van der Waals surface area contributed by atoms with Crippen LogP contribution in [0, 0.1) is 5.92 Å². The van der Waals surface area contributed by atoms with Gasteiger partial charge in [-0.25, -0.2) is 4.99 Å². The van der Waals surface area contributed by atoms with Crippen molar-refractivity contribution in [2.24, 2.45) is 10.9 Å². The average molecular weight is 451 g/mol. The van der Waals surface area contributed by atoms with Crippen LogP contribution >= 0.6 is 11.8 Å². The monoisotopic (exact) mass is 450 g/mol. The molecule has 168 valence electrons. The average Bonchev–Trinajstić information content (AvgIpc) is 3.10. The molecule has 1 heterocycles. The van der Waals surface area contributed by atoms with Crippen LogP contribution in [0.4, 0.5) is 5.69 Å². The van der Waals surface area contributed by atoms with E-state index in [2.05, 4.69) is 6.92 Å². The highest BCUT2D eigenvalue weighted by atomic mass is 32.2. The quantitative estimate of drug-likeness (QED) is 0.486. The van der Waals surface area contributed by atoms with Crippen LogP contribution in [-0.2, 0) is 4.79 Å². The summed E-state index contributed by atoms with van der Waals surface area (Å²) >= 11 is 1.46. The number of carbonyl (C=O) groups is 1. The second-order valence-corrected chi connectivity index (χ2v) is 9.20. The first-order valence-electron chi connectivity index (χ1n) is 11.3. The Morgan fingerprint density at radius 2 is 1.91 bits per heavy atom. The van der Waals surface area contributed by atoms with Crippen LogP contribution in [0.5, 0.6) is 11.5 Å². The first-order valence-corrected chi connectivity index (χ1v) is 12.1. The summed E-state index contributed by atoms with van der Waals surface area (Å²) in [5.41, 5.74) is 1.76. The maximum absolute atomic E-state index is 13.6. The highest BCUT2D eigenvalue weighted by Gasteiger charge is 2.41. The number of para-hydroxylation sites is 1. The van der Waals surface area contributed by atoms with Gasteiger partial charge in [0.25, 0.3) is 5.91 Å². The molecule has 1 amide bonds. The number of benzene rings is 2. The molecule has 0 unspecified atom stereocenters. The maximum atomic E-state index is 13.6. The molecule has 2 aromatic rings. The van der Waals surface area contributed by atoms with Gasteiger partial charge in [0.1, 0.15) is 0 Å². The fourth-order valence-electron chi connectivity index (χ4n) is 4.35. The number of ether oxygens (including phenoxy) is 2. The summed E-state index contributed by atoms with van der Waals surface area (Å²) in [6.07, 6.45) is 6.47. The third-order valence-corrected chi connectivity index (χ3v) is 6.98. The van der Waals surface area contributed by atoms with Gasteiger partial charge in [-0.3, -0.25) is 9.69 Å². The number of hydrogen-bond donors (Lipinski definition) is 0. The molecule has 2 atom stereocenters. The molecule has 6 heteroatoms. The van der Waals surface area contributed by atoms with Gasteiger partial charge in [0, 0.05) is 6.04 Å². The molecule has 0 spiro atoms. The predicted molar refractivity (Wildman–Crippen MR) is 132 cm³/mol. The Labute approximate surface area is 194 Å². The Balaban J connectivity index is 1.69.